The van der Waals surface area contributed by atoms with Crippen molar-refractivity contribution in [3.05, 3.63) is 58.9 Å². The molecular formula is C20H27N3O. The summed E-state index contributed by atoms with van der Waals surface area (Å²) in [7, 11) is 0. The average Bonchev–Trinajstić information content (AvgIpc) is 2.52. The van der Waals surface area contributed by atoms with Crippen LogP contribution in [0, 0.1) is 20.8 Å². The Kier molecular flexibility index (Phi) is 6.50. The van der Waals surface area contributed by atoms with E-state index in [2.05, 4.69) is 47.7 Å². The van der Waals surface area contributed by atoms with E-state index in [0.29, 0.717) is 19.0 Å². The van der Waals surface area contributed by atoms with Crippen molar-refractivity contribution in [3.8, 4) is 0 Å². The summed E-state index contributed by atoms with van der Waals surface area (Å²) in [5, 5.41) is 6.44. The molecule has 0 spiro atoms. The average molecular weight is 325 g/mol. The van der Waals surface area contributed by atoms with Crippen LogP contribution in [0.1, 0.15) is 35.6 Å². The minimum Gasteiger partial charge on any atom is -0.326 e. The number of carbonyl (C=O) groups excluding carboxylic acids is 1. The summed E-state index contributed by atoms with van der Waals surface area (Å²) in [6.45, 7) is 8.92. The van der Waals surface area contributed by atoms with Crippen molar-refractivity contribution in [1.82, 2.24) is 10.3 Å². The molecule has 2 N–H and O–H groups in total. The Bertz CT molecular complexity index is 660. The van der Waals surface area contributed by atoms with Crippen molar-refractivity contribution in [1.29, 1.82) is 0 Å². The van der Waals surface area contributed by atoms with Crippen molar-refractivity contribution in [2.75, 3.05) is 11.9 Å². The van der Waals surface area contributed by atoms with Crippen molar-refractivity contribution >= 4 is 11.6 Å². The van der Waals surface area contributed by atoms with Gasteiger partial charge in [-0.15, -0.1) is 0 Å². The van der Waals surface area contributed by atoms with Crippen LogP contribution >= 0.6 is 0 Å². The van der Waals surface area contributed by atoms with Gasteiger partial charge in [0.15, 0.2) is 0 Å². The van der Waals surface area contributed by atoms with Gasteiger partial charge in [0.05, 0.1) is 0 Å². The van der Waals surface area contributed by atoms with Crippen LogP contribution in [-0.4, -0.2) is 23.5 Å². The normalized spacial score (nSPS) is 12.0. The van der Waals surface area contributed by atoms with Crippen LogP contribution in [0.25, 0.3) is 0 Å². The first-order chi connectivity index (χ1) is 11.5. The fourth-order valence-electron chi connectivity index (χ4n) is 2.96. The van der Waals surface area contributed by atoms with Crippen molar-refractivity contribution in [2.45, 2.75) is 46.6 Å². The molecular weight excluding hydrogens is 298 g/mol. The quantitative estimate of drug-likeness (QED) is 0.818. The highest BCUT2D eigenvalue weighted by Crippen LogP contribution is 2.21. The van der Waals surface area contributed by atoms with Gasteiger partial charge in [-0.2, -0.15) is 0 Å². The monoisotopic (exact) mass is 325 g/mol. The molecule has 0 unspecified atom stereocenters. The number of hydrogen-bond donors (Lipinski definition) is 2. The maximum absolute atomic E-state index is 12.2. The van der Waals surface area contributed by atoms with Gasteiger partial charge in [0.2, 0.25) is 5.91 Å². The zero-order valence-corrected chi connectivity index (χ0v) is 15.0. The van der Waals surface area contributed by atoms with E-state index in [1.54, 1.807) is 6.20 Å². The van der Waals surface area contributed by atoms with Gasteiger partial charge in [0.1, 0.15) is 0 Å². The van der Waals surface area contributed by atoms with Gasteiger partial charge >= 0.3 is 0 Å². The lowest BCUT2D eigenvalue weighted by molar-refractivity contribution is -0.116. The molecule has 0 saturated heterocycles. The van der Waals surface area contributed by atoms with E-state index >= 15 is 0 Å². The number of nitrogens with zero attached hydrogens (tertiary/aromatic N) is 1. The maximum Gasteiger partial charge on any atom is 0.225 e. The second kappa shape index (κ2) is 8.60. The van der Waals surface area contributed by atoms with Gasteiger partial charge in [-0.05, 0) is 56.9 Å². The summed E-state index contributed by atoms with van der Waals surface area (Å²) in [6.07, 6.45) is 5.03. The molecule has 0 bridgehead atoms. The van der Waals surface area contributed by atoms with E-state index in [4.69, 9.17) is 0 Å². The minimum atomic E-state index is 0.0473. The van der Waals surface area contributed by atoms with Gasteiger partial charge in [-0.3, -0.25) is 9.78 Å². The summed E-state index contributed by atoms with van der Waals surface area (Å²) >= 11 is 0. The van der Waals surface area contributed by atoms with Gasteiger partial charge in [0, 0.05) is 37.1 Å². The third-order valence-electron chi connectivity index (χ3n) is 4.05. The third kappa shape index (κ3) is 5.46. The molecule has 24 heavy (non-hydrogen) atoms. The van der Waals surface area contributed by atoms with Crippen molar-refractivity contribution in [2.24, 2.45) is 0 Å². The molecule has 4 heteroatoms. The predicted octanol–water partition coefficient (Wildman–Crippen LogP) is 3.56. The highest BCUT2D eigenvalue weighted by atomic mass is 16.1. The second-order valence-electron chi connectivity index (χ2n) is 6.49. The molecule has 0 radical (unpaired) electrons. The lowest BCUT2D eigenvalue weighted by atomic mass is 10.0. The van der Waals surface area contributed by atoms with Gasteiger partial charge in [-0.1, -0.05) is 23.8 Å². The number of pyridine rings is 1. The Labute approximate surface area is 144 Å². The van der Waals surface area contributed by atoms with Gasteiger partial charge in [0.25, 0.3) is 0 Å². The van der Waals surface area contributed by atoms with E-state index in [1.165, 1.54) is 11.1 Å². The molecule has 1 aromatic heterocycles. The number of amides is 1. The fourth-order valence-corrected chi connectivity index (χ4v) is 2.96. The zero-order valence-electron chi connectivity index (χ0n) is 15.0. The van der Waals surface area contributed by atoms with Crippen LogP contribution in [0.3, 0.4) is 0 Å². The standard InChI is InChI=1S/C20H27N3O/c1-14-10-15(2)20(16(3)11-14)23-19(24)7-9-22-17(4)12-18-6-5-8-21-13-18/h5-6,8,10-11,13,17,22H,7,9,12H2,1-4H3,(H,23,24)/t17-/m1/s1. The van der Waals surface area contributed by atoms with Gasteiger partial charge in [-0.25, -0.2) is 0 Å². The number of anilines is 1. The van der Waals surface area contributed by atoms with Crippen LogP contribution in [0.5, 0.6) is 0 Å². The van der Waals surface area contributed by atoms with Crippen molar-refractivity contribution < 1.29 is 4.79 Å². The topological polar surface area (TPSA) is 54.0 Å². The fraction of sp³-hybridized carbons (Fsp3) is 0.400. The van der Waals surface area contributed by atoms with Crippen LogP contribution < -0.4 is 10.6 Å². The number of benzene rings is 1. The van der Waals surface area contributed by atoms with Crippen LogP contribution in [0.4, 0.5) is 5.69 Å². The number of nitrogens with one attached hydrogen (secondary N) is 2. The van der Waals surface area contributed by atoms with E-state index in [-0.39, 0.29) is 5.91 Å². The highest BCUT2D eigenvalue weighted by Gasteiger charge is 2.09. The first-order valence-electron chi connectivity index (χ1n) is 8.45. The Morgan fingerprint density at radius 1 is 1.21 bits per heavy atom. The van der Waals surface area contributed by atoms with E-state index < -0.39 is 0 Å². The Balaban J connectivity index is 1.77. The molecule has 1 aromatic carbocycles. The van der Waals surface area contributed by atoms with Crippen LogP contribution in [0.15, 0.2) is 36.7 Å². The third-order valence-corrected chi connectivity index (χ3v) is 4.05. The molecule has 0 fully saturated rings. The number of aryl methyl sites for hydroxylation is 3. The van der Waals surface area contributed by atoms with Crippen LogP contribution in [-0.2, 0) is 11.2 Å². The van der Waals surface area contributed by atoms with E-state index in [9.17, 15) is 4.79 Å². The molecule has 128 valence electrons. The molecule has 1 atom stereocenters. The van der Waals surface area contributed by atoms with E-state index in [0.717, 1.165) is 23.2 Å². The lowest BCUT2D eigenvalue weighted by Gasteiger charge is -2.15. The molecule has 1 amide bonds. The largest absolute Gasteiger partial charge is 0.326 e. The molecule has 1 heterocycles. The Morgan fingerprint density at radius 2 is 1.92 bits per heavy atom. The SMILES string of the molecule is Cc1cc(C)c(NC(=O)CCN[C@H](C)Cc2cccnc2)c(C)c1. The summed E-state index contributed by atoms with van der Waals surface area (Å²) in [4.78, 5) is 16.3. The predicted molar refractivity (Wildman–Crippen MR) is 99.3 cm³/mol. The number of hydrogen-bond acceptors (Lipinski definition) is 3. The number of carbonyl (C=O) groups is 1. The van der Waals surface area contributed by atoms with Gasteiger partial charge < -0.3 is 10.6 Å². The smallest absolute Gasteiger partial charge is 0.225 e. The highest BCUT2D eigenvalue weighted by molar-refractivity contribution is 5.92. The molecule has 0 aliphatic rings. The first kappa shape index (κ1) is 18.1. The Morgan fingerprint density at radius 3 is 2.54 bits per heavy atom. The number of aromatic nitrogens is 1. The molecule has 2 aromatic rings. The summed E-state index contributed by atoms with van der Waals surface area (Å²) < 4.78 is 0. The number of rotatable bonds is 7. The minimum absolute atomic E-state index is 0.0473. The molecule has 2 rings (SSSR count). The molecule has 0 aliphatic carbocycles. The first-order valence-corrected chi connectivity index (χ1v) is 8.45. The van der Waals surface area contributed by atoms with Crippen molar-refractivity contribution in [3.63, 3.8) is 0 Å². The Hall–Kier alpha value is -2.20. The van der Waals surface area contributed by atoms with E-state index in [1.807, 2.05) is 26.1 Å². The molecule has 0 aliphatic heterocycles. The second-order valence-corrected chi connectivity index (χ2v) is 6.49. The van der Waals surface area contributed by atoms with Crippen LogP contribution in [0.2, 0.25) is 0 Å². The maximum atomic E-state index is 12.2. The molecule has 4 nitrogen and oxygen atoms in total. The summed E-state index contributed by atoms with van der Waals surface area (Å²) in [6, 6.07) is 8.51. The zero-order chi connectivity index (χ0) is 17.5. The lowest BCUT2D eigenvalue weighted by Crippen LogP contribution is -2.31. The molecule has 0 saturated carbocycles. The summed E-state index contributed by atoms with van der Waals surface area (Å²) in [5.74, 6) is 0.0473. The summed E-state index contributed by atoms with van der Waals surface area (Å²) in [5.41, 5.74) is 5.58.